The van der Waals surface area contributed by atoms with Crippen LogP contribution in [0.25, 0.3) is 10.6 Å². The first-order valence-electron chi connectivity index (χ1n) is 9.27. The van der Waals surface area contributed by atoms with Crippen LogP contribution in [0.15, 0.2) is 46.5 Å². The largest absolute Gasteiger partial charge is 0.469 e. The molecule has 1 amide bonds. The normalized spacial score (nSPS) is 15.4. The average molecular weight is 398 g/mol. The fourth-order valence-corrected chi connectivity index (χ4v) is 3.90. The quantitative estimate of drug-likeness (QED) is 0.688. The van der Waals surface area contributed by atoms with Gasteiger partial charge in [0, 0.05) is 42.7 Å². The van der Waals surface area contributed by atoms with Crippen LogP contribution in [0.5, 0.6) is 0 Å². The number of aromatic nitrogens is 2. The van der Waals surface area contributed by atoms with E-state index in [1.165, 1.54) is 11.3 Å². The van der Waals surface area contributed by atoms with E-state index in [1.54, 1.807) is 17.8 Å². The summed E-state index contributed by atoms with van der Waals surface area (Å²) in [5, 5.41) is 5.57. The smallest absolute Gasteiger partial charge is 0.270 e. The Morgan fingerprint density at radius 3 is 3.00 bits per heavy atom. The minimum atomic E-state index is -0.177. The summed E-state index contributed by atoms with van der Waals surface area (Å²) in [6.45, 7) is 5.03. The Kier molecular flexibility index (Phi) is 5.68. The third-order valence-electron chi connectivity index (χ3n) is 4.53. The second-order valence-corrected chi connectivity index (χ2v) is 7.56. The first-order valence-corrected chi connectivity index (χ1v) is 10.1. The maximum Gasteiger partial charge on any atom is 0.270 e. The molecule has 0 radical (unpaired) electrons. The molecular formula is C20H22N4O3S. The van der Waals surface area contributed by atoms with Gasteiger partial charge in [0.2, 0.25) is 0 Å². The van der Waals surface area contributed by atoms with Crippen molar-refractivity contribution in [2.45, 2.75) is 19.4 Å². The molecule has 0 bridgehead atoms. The number of furan rings is 1. The van der Waals surface area contributed by atoms with E-state index < -0.39 is 0 Å². The van der Waals surface area contributed by atoms with E-state index in [2.05, 4.69) is 20.2 Å². The lowest BCUT2D eigenvalue weighted by Crippen LogP contribution is -2.36. The van der Waals surface area contributed by atoms with Crippen LogP contribution in [0.1, 0.15) is 23.2 Å². The molecule has 1 saturated heterocycles. The fraction of sp³-hybridized carbons (Fsp3) is 0.350. The summed E-state index contributed by atoms with van der Waals surface area (Å²) in [6.07, 6.45) is 4.06. The summed E-state index contributed by atoms with van der Waals surface area (Å²) in [5.74, 6) is 1.58. The number of hydrogen-bond acceptors (Lipinski definition) is 7. The monoisotopic (exact) mass is 398 g/mol. The van der Waals surface area contributed by atoms with E-state index in [9.17, 15) is 4.79 Å². The Morgan fingerprint density at radius 1 is 1.36 bits per heavy atom. The van der Waals surface area contributed by atoms with Gasteiger partial charge in [-0.25, -0.2) is 9.97 Å². The molecule has 1 aliphatic heterocycles. The molecule has 0 unspecified atom stereocenters. The SMILES string of the molecule is C[C@H](Cc1ccco1)NC(=O)c1csc(-c2ccnc(N3CCOCC3)c2)n1. The number of anilines is 1. The summed E-state index contributed by atoms with van der Waals surface area (Å²) >= 11 is 1.46. The average Bonchev–Trinajstić information content (AvgIpc) is 3.41. The molecule has 1 N–H and O–H groups in total. The highest BCUT2D eigenvalue weighted by Gasteiger charge is 2.17. The van der Waals surface area contributed by atoms with Crippen molar-refractivity contribution in [2.75, 3.05) is 31.2 Å². The molecule has 1 atom stereocenters. The molecule has 28 heavy (non-hydrogen) atoms. The van der Waals surface area contributed by atoms with Gasteiger partial charge in [-0.2, -0.15) is 0 Å². The lowest BCUT2D eigenvalue weighted by Gasteiger charge is -2.27. The van der Waals surface area contributed by atoms with Gasteiger partial charge in [-0.15, -0.1) is 11.3 Å². The molecule has 0 saturated carbocycles. The van der Waals surface area contributed by atoms with Crippen molar-refractivity contribution < 1.29 is 13.9 Å². The molecule has 3 aromatic heterocycles. The first-order chi connectivity index (χ1) is 13.7. The maximum atomic E-state index is 12.5. The highest BCUT2D eigenvalue weighted by Crippen LogP contribution is 2.26. The summed E-state index contributed by atoms with van der Waals surface area (Å²) in [7, 11) is 0. The summed E-state index contributed by atoms with van der Waals surface area (Å²) in [4.78, 5) is 23.7. The lowest BCUT2D eigenvalue weighted by atomic mass is 10.2. The van der Waals surface area contributed by atoms with Gasteiger partial charge < -0.3 is 19.4 Å². The lowest BCUT2D eigenvalue weighted by molar-refractivity contribution is 0.0935. The molecule has 4 rings (SSSR count). The number of morpholine rings is 1. The summed E-state index contributed by atoms with van der Waals surface area (Å²) < 4.78 is 10.7. The molecular weight excluding hydrogens is 376 g/mol. The standard InChI is InChI=1S/C20H22N4O3S/c1-14(11-16-3-2-8-27-16)22-19(25)17-13-28-20(23-17)15-4-5-21-18(12-15)24-6-9-26-10-7-24/h2-5,8,12-14H,6-7,9-11H2,1H3,(H,22,25)/t14-/m1/s1. The van der Waals surface area contributed by atoms with Gasteiger partial charge in [0.25, 0.3) is 5.91 Å². The van der Waals surface area contributed by atoms with Crippen LogP contribution in [0.4, 0.5) is 5.82 Å². The minimum Gasteiger partial charge on any atom is -0.469 e. The molecule has 3 aromatic rings. The van der Waals surface area contributed by atoms with E-state index in [-0.39, 0.29) is 11.9 Å². The maximum absolute atomic E-state index is 12.5. The predicted octanol–water partition coefficient (Wildman–Crippen LogP) is 3.00. The van der Waals surface area contributed by atoms with Crippen molar-refractivity contribution in [3.05, 3.63) is 53.6 Å². The predicted molar refractivity (Wildman–Crippen MR) is 108 cm³/mol. The number of ether oxygens (including phenoxy) is 1. The third-order valence-corrected chi connectivity index (χ3v) is 5.42. The van der Waals surface area contributed by atoms with Crippen molar-refractivity contribution in [1.82, 2.24) is 15.3 Å². The van der Waals surface area contributed by atoms with Crippen LogP contribution in [-0.4, -0.2) is 48.2 Å². The van der Waals surface area contributed by atoms with Crippen LogP contribution in [0, 0.1) is 0 Å². The van der Waals surface area contributed by atoms with Gasteiger partial charge >= 0.3 is 0 Å². The number of carbonyl (C=O) groups is 1. The zero-order valence-electron chi connectivity index (χ0n) is 15.6. The van der Waals surface area contributed by atoms with E-state index >= 15 is 0 Å². The van der Waals surface area contributed by atoms with Crippen LogP contribution < -0.4 is 10.2 Å². The molecule has 0 aliphatic carbocycles. The van der Waals surface area contributed by atoms with E-state index in [1.807, 2.05) is 31.2 Å². The summed E-state index contributed by atoms with van der Waals surface area (Å²) in [5.41, 5.74) is 1.39. The van der Waals surface area contributed by atoms with Gasteiger partial charge in [0.15, 0.2) is 0 Å². The molecule has 7 nitrogen and oxygen atoms in total. The Labute approximate surface area is 167 Å². The van der Waals surface area contributed by atoms with Crippen LogP contribution in [-0.2, 0) is 11.2 Å². The van der Waals surface area contributed by atoms with Crippen molar-refractivity contribution in [2.24, 2.45) is 0 Å². The third kappa shape index (κ3) is 4.40. The van der Waals surface area contributed by atoms with Crippen molar-refractivity contribution in [1.29, 1.82) is 0 Å². The molecule has 0 aromatic carbocycles. The van der Waals surface area contributed by atoms with Crippen LogP contribution in [0.3, 0.4) is 0 Å². The van der Waals surface area contributed by atoms with E-state index in [0.717, 1.165) is 35.2 Å². The number of amides is 1. The molecule has 4 heterocycles. The summed E-state index contributed by atoms with van der Waals surface area (Å²) in [6, 6.07) is 7.64. The van der Waals surface area contributed by atoms with Gasteiger partial charge in [-0.1, -0.05) is 0 Å². The number of rotatable bonds is 6. The number of hydrogen-bond donors (Lipinski definition) is 1. The molecule has 146 valence electrons. The molecule has 0 spiro atoms. The number of nitrogens with one attached hydrogen (secondary N) is 1. The Morgan fingerprint density at radius 2 is 2.21 bits per heavy atom. The molecule has 1 fully saturated rings. The van der Waals surface area contributed by atoms with Gasteiger partial charge in [0.1, 0.15) is 22.3 Å². The van der Waals surface area contributed by atoms with Crippen LogP contribution >= 0.6 is 11.3 Å². The highest BCUT2D eigenvalue weighted by atomic mass is 32.1. The zero-order chi connectivity index (χ0) is 19.3. The number of carbonyl (C=O) groups excluding carboxylic acids is 1. The van der Waals surface area contributed by atoms with Gasteiger partial charge in [-0.05, 0) is 31.2 Å². The van der Waals surface area contributed by atoms with Crippen LogP contribution in [0.2, 0.25) is 0 Å². The minimum absolute atomic E-state index is 0.0438. The fourth-order valence-electron chi connectivity index (χ4n) is 3.11. The van der Waals surface area contributed by atoms with Crippen molar-refractivity contribution in [3.8, 4) is 10.6 Å². The van der Waals surface area contributed by atoms with E-state index in [0.29, 0.717) is 25.3 Å². The number of pyridine rings is 1. The molecule has 1 aliphatic rings. The van der Waals surface area contributed by atoms with Crippen molar-refractivity contribution in [3.63, 3.8) is 0 Å². The van der Waals surface area contributed by atoms with E-state index in [4.69, 9.17) is 9.15 Å². The first kappa shape index (κ1) is 18.6. The second kappa shape index (κ2) is 8.53. The van der Waals surface area contributed by atoms with Gasteiger partial charge in [-0.3, -0.25) is 4.79 Å². The van der Waals surface area contributed by atoms with Gasteiger partial charge in [0.05, 0.1) is 19.5 Å². The number of thiazole rings is 1. The molecule has 8 heteroatoms. The highest BCUT2D eigenvalue weighted by molar-refractivity contribution is 7.13. The Hall–Kier alpha value is -2.71. The zero-order valence-corrected chi connectivity index (χ0v) is 16.4. The second-order valence-electron chi connectivity index (χ2n) is 6.70. The Bertz CT molecular complexity index is 919. The van der Waals surface area contributed by atoms with Crippen molar-refractivity contribution >= 4 is 23.1 Å². The number of nitrogens with zero attached hydrogens (tertiary/aromatic N) is 3. The topological polar surface area (TPSA) is 80.5 Å². The Balaban J connectivity index is 1.43.